The van der Waals surface area contributed by atoms with Crippen molar-refractivity contribution in [3.05, 3.63) is 40.2 Å². The number of amides is 2. The number of hydrogen-bond donors (Lipinski definition) is 2. The topological polar surface area (TPSA) is 73.9 Å². The van der Waals surface area contributed by atoms with Gasteiger partial charge in [-0.15, -0.1) is 0 Å². The second kappa shape index (κ2) is 6.05. The summed E-state index contributed by atoms with van der Waals surface area (Å²) in [4.78, 5) is 17.8. The van der Waals surface area contributed by atoms with Gasteiger partial charge in [-0.1, -0.05) is 32.4 Å². The summed E-state index contributed by atoms with van der Waals surface area (Å²) in [6.45, 7) is 7.21. The van der Waals surface area contributed by atoms with Gasteiger partial charge in [0.15, 0.2) is 11.0 Å². The summed E-state index contributed by atoms with van der Waals surface area (Å²) >= 11 is 5.64. The number of H-pyrrole nitrogens is 1. The van der Waals surface area contributed by atoms with Gasteiger partial charge in [-0.2, -0.15) is 5.10 Å². The van der Waals surface area contributed by atoms with Gasteiger partial charge in [0.2, 0.25) is 0 Å². The molecule has 8 heteroatoms. The van der Waals surface area contributed by atoms with Crippen LogP contribution in [0.25, 0.3) is 0 Å². The molecule has 0 saturated heterocycles. The Morgan fingerprint density at radius 1 is 1.46 bits per heavy atom. The third kappa shape index (κ3) is 3.08. The minimum atomic E-state index is -0.732. The second-order valence-electron chi connectivity index (χ2n) is 6.84. The van der Waals surface area contributed by atoms with E-state index >= 15 is 0 Å². The average molecular weight is 352 g/mol. The quantitative estimate of drug-likeness (QED) is 0.772. The highest BCUT2D eigenvalue weighted by atomic mass is 35.5. The van der Waals surface area contributed by atoms with Gasteiger partial charge in [0, 0.05) is 35.8 Å². The molecule has 128 valence electrons. The zero-order chi connectivity index (χ0) is 17.5. The normalized spacial score (nSPS) is 14.5. The van der Waals surface area contributed by atoms with E-state index in [2.05, 4.69) is 41.3 Å². The minimum Gasteiger partial charge on any atom is -0.320 e. The average Bonchev–Trinajstić information content (AvgIpc) is 2.95. The molecule has 2 amide bonds. The summed E-state index contributed by atoms with van der Waals surface area (Å²) in [5, 5.41) is 9.76. The number of nitrogens with one attached hydrogen (secondary N) is 2. The van der Waals surface area contributed by atoms with Gasteiger partial charge < -0.3 is 10.2 Å². The number of carbonyl (C=O) groups is 1. The van der Waals surface area contributed by atoms with E-state index in [-0.39, 0.29) is 22.3 Å². The molecule has 0 spiro atoms. The molecule has 0 saturated carbocycles. The number of fused-ring (bicyclic) bond motifs is 1. The summed E-state index contributed by atoms with van der Waals surface area (Å²) < 4.78 is 13.9. The van der Waals surface area contributed by atoms with Crippen LogP contribution in [-0.2, 0) is 18.4 Å². The number of anilines is 1. The predicted molar refractivity (Wildman–Crippen MR) is 89.6 cm³/mol. The van der Waals surface area contributed by atoms with Gasteiger partial charge in [-0.3, -0.25) is 5.10 Å². The van der Waals surface area contributed by atoms with Gasteiger partial charge in [-0.25, -0.2) is 14.2 Å². The van der Waals surface area contributed by atoms with E-state index in [0.29, 0.717) is 19.5 Å². The Morgan fingerprint density at radius 3 is 2.92 bits per heavy atom. The maximum Gasteiger partial charge on any atom is 0.322 e. The van der Waals surface area contributed by atoms with Crippen LogP contribution in [0.15, 0.2) is 12.3 Å². The van der Waals surface area contributed by atoms with E-state index in [1.54, 1.807) is 4.90 Å². The Bertz CT molecular complexity index is 783. The lowest BCUT2D eigenvalue weighted by molar-refractivity contribution is 0.205. The van der Waals surface area contributed by atoms with E-state index in [4.69, 9.17) is 11.6 Å². The van der Waals surface area contributed by atoms with Crippen molar-refractivity contribution in [2.24, 2.45) is 0 Å². The molecule has 1 aliphatic heterocycles. The molecule has 0 radical (unpaired) electrons. The first kappa shape index (κ1) is 16.7. The van der Waals surface area contributed by atoms with Crippen molar-refractivity contribution in [1.29, 1.82) is 0 Å². The van der Waals surface area contributed by atoms with Gasteiger partial charge in [0.25, 0.3) is 0 Å². The Kier molecular flexibility index (Phi) is 4.21. The van der Waals surface area contributed by atoms with Crippen molar-refractivity contribution in [3.63, 3.8) is 0 Å². The van der Waals surface area contributed by atoms with Crippen LogP contribution in [0.2, 0.25) is 5.15 Å². The highest BCUT2D eigenvalue weighted by molar-refractivity contribution is 6.29. The van der Waals surface area contributed by atoms with Crippen molar-refractivity contribution in [3.8, 4) is 0 Å². The van der Waals surface area contributed by atoms with Crippen molar-refractivity contribution in [2.75, 3.05) is 11.9 Å². The molecule has 0 bridgehead atoms. The lowest BCUT2D eigenvalue weighted by Gasteiger charge is -2.29. The largest absolute Gasteiger partial charge is 0.322 e. The number of carbonyl (C=O) groups excluding carboxylic acids is 1. The first-order valence-corrected chi connectivity index (χ1v) is 8.07. The molecule has 3 heterocycles. The summed E-state index contributed by atoms with van der Waals surface area (Å²) in [6.07, 6.45) is 2.04. The molecule has 6 nitrogen and oxygen atoms in total. The maximum atomic E-state index is 13.9. The summed E-state index contributed by atoms with van der Waals surface area (Å²) in [5.41, 5.74) is 2.95. The van der Waals surface area contributed by atoms with E-state index in [1.807, 2.05) is 0 Å². The molecule has 2 N–H and O–H groups in total. The molecular formula is C16H19ClFN5O. The SMILES string of the molecule is CC(C)(C)c1n[nH]c2c1CN(C(=O)Nc1ccnc(Cl)c1F)CC2. The lowest BCUT2D eigenvalue weighted by atomic mass is 9.87. The van der Waals surface area contributed by atoms with Gasteiger partial charge in [-0.05, 0) is 6.07 Å². The summed E-state index contributed by atoms with van der Waals surface area (Å²) in [6, 6.07) is 1.01. The molecule has 2 aromatic rings. The monoisotopic (exact) mass is 351 g/mol. The van der Waals surface area contributed by atoms with Crippen LogP contribution in [0.3, 0.4) is 0 Å². The third-order valence-electron chi connectivity index (χ3n) is 4.02. The molecule has 0 aromatic carbocycles. The zero-order valence-corrected chi connectivity index (χ0v) is 14.5. The first-order chi connectivity index (χ1) is 11.3. The third-order valence-corrected chi connectivity index (χ3v) is 4.28. The Balaban J connectivity index is 1.79. The summed E-state index contributed by atoms with van der Waals surface area (Å²) in [7, 11) is 0. The zero-order valence-electron chi connectivity index (χ0n) is 13.8. The van der Waals surface area contributed by atoms with E-state index in [9.17, 15) is 9.18 Å². The Morgan fingerprint density at radius 2 is 2.21 bits per heavy atom. The molecular weight excluding hydrogens is 333 g/mol. The van der Waals surface area contributed by atoms with E-state index in [1.165, 1.54) is 12.3 Å². The maximum absolute atomic E-state index is 13.9. The van der Waals surface area contributed by atoms with E-state index in [0.717, 1.165) is 17.0 Å². The molecule has 0 aliphatic carbocycles. The van der Waals surface area contributed by atoms with Crippen LogP contribution < -0.4 is 5.32 Å². The molecule has 3 rings (SSSR count). The van der Waals surface area contributed by atoms with E-state index < -0.39 is 5.82 Å². The highest BCUT2D eigenvalue weighted by Crippen LogP contribution is 2.30. The number of aromatic nitrogens is 3. The molecule has 0 fully saturated rings. The number of nitrogens with zero attached hydrogens (tertiary/aromatic N) is 3. The number of urea groups is 1. The minimum absolute atomic E-state index is 0.0223. The number of hydrogen-bond acceptors (Lipinski definition) is 3. The first-order valence-electron chi connectivity index (χ1n) is 7.70. The Hall–Kier alpha value is -2.15. The standard InChI is InChI=1S/C16H19ClFN5O/c1-16(2,3)13-9-8-23(7-5-10(9)21-22-13)15(24)20-11-4-6-19-14(17)12(11)18/h4,6H,5,7-8H2,1-3H3,(H,21,22)(H,19,20,24). The number of pyridine rings is 1. The highest BCUT2D eigenvalue weighted by Gasteiger charge is 2.30. The molecule has 1 aliphatic rings. The van der Waals surface area contributed by atoms with Crippen molar-refractivity contribution >= 4 is 23.3 Å². The Labute approximate surface area is 144 Å². The number of aromatic amines is 1. The summed E-state index contributed by atoms with van der Waals surface area (Å²) in [5.74, 6) is -0.732. The number of halogens is 2. The van der Waals surface area contributed by atoms with Crippen LogP contribution in [0.4, 0.5) is 14.9 Å². The second-order valence-corrected chi connectivity index (χ2v) is 7.20. The van der Waals surface area contributed by atoms with Crippen molar-refractivity contribution < 1.29 is 9.18 Å². The van der Waals surface area contributed by atoms with Gasteiger partial charge >= 0.3 is 6.03 Å². The lowest BCUT2D eigenvalue weighted by Crippen LogP contribution is -2.39. The molecule has 24 heavy (non-hydrogen) atoms. The van der Waals surface area contributed by atoms with Gasteiger partial charge in [0.1, 0.15) is 0 Å². The molecule has 2 aromatic heterocycles. The fourth-order valence-corrected chi connectivity index (χ4v) is 2.96. The van der Waals surface area contributed by atoms with Crippen LogP contribution in [-0.4, -0.2) is 32.7 Å². The van der Waals surface area contributed by atoms with Crippen LogP contribution in [0, 0.1) is 5.82 Å². The number of rotatable bonds is 1. The fourth-order valence-electron chi connectivity index (χ4n) is 2.80. The van der Waals surface area contributed by atoms with Crippen LogP contribution in [0.1, 0.15) is 37.7 Å². The predicted octanol–water partition coefficient (Wildman–Crippen LogP) is 3.48. The fraction of sp³-hybridized carbons (Fsp3) is 0.438. The van der Waals surface area contributed by atoms with Crippen molar-refractivity contribution in [2.45, 2.75) is 39.2 Å². The van der Waals surface area contributed by atoms with Crippen LogP contribution >= 0.6 is 11.6 Å². The molecule has 0 atom stereocenters. The van der Waals surface area contributed by atoms with Crippen molar-refractivity contribution in [1.82, 2.24) is 20.1 Å². The molecule has 0 unspecified atom stereocenters. The van der Waals surface area contributed by atoms with Crippen LogP contribution in [0.5, 0.6) is 0 Å². The smallest absolute Gasteiger partial charge is 0.320 e. The van der Waals surface area contributed by atoms with Gasteiger partial charge in [0.05, 0.1) is 17.9 Å².